The lowest BCUT2D eigenvalue weighted by Gasteiger charge is -2.20. The second-order valence-corrected chi connectivity index (χ2v) is 6.64. The Hall–Kier alpha value is -1.72. The highest BCUT2D eigenvalue weighted by atomic mass is 32.1. The van der Waals surface area contributed by atoms with E-state index in [4.69, 9.17) is 4.98 Å². The van der Waals surface area contributed by atoms with Gasteiger partial charge in [-0.05, 0) is 38.4 Å². The van der Waals surface area contributed by atoms with Crippen molar-refractivity contribution in [1.82, 2.24) is 20.3 Å². The van der Waals surface area contributed by atoms with Gasteiger partial charge in [-0.2, -0.15) is 0 Å². The minimum absolute atomic E-state index is 0.482. The van der Waals surface area contributed by atoms with Gasteiger partial charge in [-0.25, -0.2) is 9.97 Å². The number of thiazole rings is 1. The number of aryl methyl sites for hydroxylation is 1. The quantitative estimate of drug-likeness (QED) is 0.780. The molecule has 4 rings (SSSR count). The van der Waals surface area contributed by atoms with Crippen LogP contribution in [-0.2, 0) is 12.8 Å². The average Bonchev–Trinajstić information content (AvgIpc) is 3.09. The van der Waals surface area contributed by atoms with E-state index in [2.05, 4.69) is 21.4 Å². The van der Waals surface area contributed by atoms with E-state index in [0.29, 0.717) is 6.04 Å². The highest BCUT2D eigenvalue weighted by Crippen LogP contribution is 2.34. The molecule has 1 unspecified atom stereocenters. The van der Waals surface area contributed by atoms with E-state index in [1.807, 2.05) is 36.6 Å². The first kappa shape index (κ1) is 13.0. The predicted molar refractivity (Wildman–Crippen MR) is 85.8 cm³/mol. The van der Waals surface area contributed by atoms with Crippen LogP contribution < -0.4 is 5.32 Å². The Kier molecular flexibility index (Phi) is 3.24. The number of benzene rings is 1. The summed E-state index contributed by atoms with van der Waals surface area (Å²) in [6, 6.07) is 8.64. The Morgan fingerprint density at radius 1 is 1.33 bits per heavy atom. The summed E-state index contributed by atoms with van der Waals surface area (Å²) in [5, 5.41) is 4.57. The summed E-state index contributed by atoms with van der Waals surface area (Å²) < 4.78 is 0. The molecule has 1 aromatic carbocycles. The van der Waals surface area contributed by atoms with Crippen molar-refractivity contribution in [2.75, 3.05) is 7.05 Å². The topological polar surface area (TPSA) is 53.6 Å². The van der Waals surface area contributed by atoms with Crippen LogP contribution in [-0.4, -0.2) is 22.0 Å². The first-order valence-electron chi connectivity index (χ1n) is 7.43. The number of fused-ring (bicyclic) bond motifs is 2. The van der Waals surface area contributed by atoms with E-state index in [1.54, 1.807) is 0 Å². The summed E-state index contributed by atoms with van der Waals surface area (Å²) in [7, 11) is 2.04. The van der Waals surface area contributed by atoms with E-state index in [-0.39, 0.29) is 0 Å². The zero-order chi connectivity index (χ0) is 14.2. The van der Waals surface area contributed by atoms with Crippen LogP contribution in [0, 0.1) is 0 Å². The lowest BCUT2D eigenvalue weighted by atomic mass is 9.98. The van der Waals surface area contributed by atoms with Crippen LogP contribution >= 0.6 is 11.3 Å². The molecule has 1 atom stereocenters. The molecule has 1 aliphatic rings. The molecule has 5 heteroatoms. The molecule has 3 aromatic rings. The van der Waals surface area contributed by atoms with Gasteiger partial charge in [0.25, 0.3) is 0 Å². The van der Waals surface area contributed by atoms with Crippen molar-refractivity contribution >= 4 is 22.4 Å². The number of H-pyrrole nitrogens is 1. The molecule has 0 amide bonds. The van der Waals surface area contributed by atoms with Gasteiger partial charge in [-0.15, -0.1) is 11.3 Å². The Balaban J connectivity index is 1.64. The van der Waals surface area contributed by atoms with Crippen LogP contribution in [0.1, 0.15) is 40.3 Å². The van der Waals surface area contributed by atoms with Gasteiger partial charge in [0.2, 0.25) is 0 Å². The van der Waals surface area contributed by atoms with E-state index in [9.17, 15) is 0 Å². The van der Waals surface area contributed by atoms with Gasteiger partial charge in [0, 0.05) is 10.9 Å². The van der Waals surface area contributed by atoms with E-state index < -0.39 is 0 Å². The smallest absolute Gasteiger partial charge is 0.114 e. The third kappa shape index (κ3) is 2.36. The molecule has 108 valence electrons. The Morgan fingerprint density at radius 3 is 3.10 bits per heavy atom. The monoisotopic (exact) mass is 298 g/mol. The van der Waals surface area contributed by atoms with Gasteiger partial charge in [-0.1, -0.05) is 12.1 Å². The van der Waals surface area contributed by atoms with Crippen LogP contribution in [0.3, 0.4) is 0 Å². The molecule has 2 heterocycles. The SMILES string of the molecule is CNC1CCCc2nc(Cc3nc4ccccc4[nH]3)sc21. The number of nitrogens with one attached hydrogen (secondary N) is 2. The number of para-hydroxylation sites is 2. The number of nitrogens with zero attached hydrogens (tertiary/aromatic N) is 2. The minimum atomic E-state index is 0.482. The fourth-order valence-electron chi connectivity index (χ4n) is 3.05. The number of hydrogen-bond donors (Lipinski definition) is 2. The van der Waals surface area contributed by atoms with Crippen molar-refractivity contribution in [3.63, 3.8) is 0 Å². The molecule has 0 spiro atoms. The predicted octanol–water partition coefficient (Wildman–Crippen LogP) is 3.21. The summed E-state index contributed by atoms with van der Waals surface area (Å²) >= 11 is 1.84. The minimum Gasteiger partial charge on any atom is -0.342 e. The van der Waals surface area contributed by atoms with Crippen molar-refractivity contribution in [3.8, 4) is 0 Å². The molecule has 1 aliphatic carbocycles. The molecule has 0 aliphatic heterocycles. The van der Waals surface area contributed by atoms with Gasteiger partial charge in [0.05, 0.1) is 23.1 Å². The Labute approximate surface area is 127 Å². The van der Waals surface area contributed by atoms with Crippen LogP contribution in [0.15, 0.2) is 24.3 Å². The molecular weight excluding hydrogens is 280 g/mol. The number of aromatic nitrogens is 3. The fraction of sp³-hybridized carbons (Fsp3) is 0.375. The average molecular weight is 298 g/mol. The lowest BCUT2D eigenvalue weighted by Crippen LogP contribution is -2.19. The summed E-state index contributed by atoms with van der Waals surface area (Å²) in [5.41, 5.74) is 3.42. The van der Waals surface area contributed by atoms with Crippen molar-refractivity contribution in [3.05, 3.63) is 45.7 Å². The molecule has 2 N–H and O–H groups in total. The largest absolute Gasteiger partial charge is 0.342 e. The summed E-state index contributed by atoms with van der Waals surface area (Å²) in [6.07, 6.45) is 4.36. The molecule has 0 fully saturated rings. The van der Waals surface area contributed by atoms with Crippen molar-refractivity contribution in [2.45, 2.75) is 31.7 Å². The second-order valence-electron chi connectivity index (χ2n) is 5.53. The normalized spacial score (nSPS) is 18.0. The Morgan fingerprint density at radius 2 is 2.24 bits per heavy atom. The molecule has 0 radical (unpaired) electrons. The van der Waals surface area contributed by atoms with Crippen molar-refractivity contribution in [1.29, 1.82) is 0 Å². The number of aromatic amines is 1. The molecule has 0 bridgehead atoms. The number of rotatable bonds is 3. The highest BCUT2D eigenvalue weighted by molar-refractivity contribution is 7.11. The summed E-state index contributed by atoms with van der Waals surface area (Å²) in [6.45, 7) is 0. The molecule has 0 saturated heterocycles. The van der Waals surface area contributed by atoms with E-state index >= 15 is 0 Å². The third-order valence-corrected chi connectivity index (χ3v) is 5.31. The summed E-state index contributed by atoms with van der Waals surface area (Å²) in [5.74, 6) is 1.00. The highest BCUT2D eigenvalue weighted by Gasteiger charge is 2.23. The summed E-state index contributed by atoms with van der Waals surface area (Å²) in [4.78, 5) is 14.3. The van der Waals surface area contributed by atoms with Gasteiger partial charge < -0.3 is 10.3 Å². The number of imidazole rings is 1. The lowest BCUT2D eigenvalue weighted by molar-refractivity contribution is 0.501. The third-order valence-electron chi connectivity index (χ3n) is 4.10. The molecule has 0 saturated carbocycles. The van der Waals surface area contributed by atoms with Crippen molar-refractivity contribution in [2.24, 2.45) is 0 Å². The van der Waals surface area contributed by atoms with Gasteiger partial charge in [-0.3, -0.25) is 0 Å². The maximum absolute atomic E-state index is 4.83. The fourth-order valence-corrected chi connectivity index (χ4v) is 4.32. The first-order chi connectivity index (χ1) is 10.3. The second kappa shape index (κ2) is 5.24. The maximum atomic E-state index is 4.83. The molecule has 2 aromatic heterocycles. The van der Waals surface area contributed by atoms with Gasteiger partial charge in [0.15, 0.2) is 0 Å². The molecule has 21 heavy (non-hydrogen) atoms. The Bertz CT molecular complexity index is 741. The van der Waals surface area contributed by atoms with E-state index in [1.165, 1.54) is 28.4 Å². The van der Waals surface area contributed by atoms with Gasteiger partial charge in [0.1, 0.15) is 10.8 Å². The first-order valence-corrected chi connectivity index (χ1v) is 8.24. The maximum Gasteiger partial charge on any atom is 0.114 e. The van der Waals surface area contributed by atoms with Gasteiger partial charge >= 0.3 is 0 Å². The molecular formula is C16H18N4S. The zero-order valence-corrected chi connectivity index (χ0v) is 12.8. The van der Waals surface area contributed by atoms with Crippen LogP contribution in [0.25, 0.3) is 11.0 Å². The number of hydrogen-bond acceptors (Lipinski definition) is 4. The van der Waals surface area contributed by atoms with Crippen LogP contribution in [0.4, 0.5) is 0 Å². The van der Waals surface area contributed by atoms with Crippen molar-refractivity contribution < 1.29 is 0 Å². The zero-order valence-electron chi connectivity index (χ0n) is 12.0. The molecule has 4 nitrogen and oxygen atoms in total. The van der Waals surface area contributed by atoms with E-state index in [0.717, 1.165) is 29.7 Å². The standard InChI is InChI=1S/C16H18N4S/c1-17-12-7-4-8-13-16(12)21-15(20-13)9-14-18-10-5-2-3-6-11(10)19-14/h2-3,5-6,12,17H,4,7-9H2,1H3,(H,18,19). The van der Waals surface area contributed by atoms with Crippen LogP contribution in [0.2, 0.25) is 0 Å². The van der Waals surface area contributed by atoms with Crippen LogP contribution in [0.5, 0.6) is 0 Å².